The van der Waals surface area contributed by atoms with E-state index in [0.717, 1.165) is 18.5 Å². The molecule has 0 saturated heterocycles. The van der Waals surface area contributed by atoms with Crippen LogP contribution >= 0.6 is 0 Å². The summed E-state index contributed by atoms with van der Waals surface area (Å²) in [5.41, 5.74) is 0.740. The van der Waals surface area contributed by atoms with E-state index in [2.05, 4.69) is 11.4 Å². The Morgan fingerprint density at radius 3 is 2.92 bits per heavy atom. The zero-order valence-electron chi connectivity index (χ0n) is 7.50. The molecule has 0 unspecified atom stereocenters. The van der Waals surface area contributed by atoms with E-state index in [1.54, 1.807) is 7.05 Å². The van der Waals surface area contributed by atoms with E-state index in [9.17, 15) is 4.79 Å². The molecule has 0 aromatic rings. The van der Waals surface area contributed by atoms with Gasteiger partial charge in [-0.1, -0.05) is 6.08 Å². The molecule has 0 aliphatic carbocycles. The van der Waals surface area contributed by atoms with Gasteiger partial charge in [0.05, 0.1) is 0 Å². The quantitative estimate of drug-likeness (QED) is 0.617. The molecule has 0 atom stereocenters. The maximum atomic E-state index is 11.1. The Hall–Kier alpha value is -1.25. The van der Waals surface area contributed by atoms with Crippen LogP contribution in [0, 0.1) is 0 Å². The summed E-state index contributed by atoms with van der Waals surface area (Å²) in [6.07, 6.45) is 7.01. The van der Waals surface area contributed by atoms with Crippen LogP contribution in [0.25, 0.3) is 0 Å². The summed E-state index contributed by atoms with van der Waals surface area (Å²) >= 11 is 0. The number of nitrogens with one attached hydrogen (secondary N) is 1. The third kappa shape index (κ3) is 2.12. The molecule has 1 heterocycles. The zero-order chi connectivity index (χ0) is 8.97. The van der Waals surface area contributed by atoms with Gasteiger partial charge >= 0.3 is 0 Å². The van der Waals surface area contributed by atoms with Gasteiger partial charge < -0.3 is 10.2 Å². The number of hydrogen-bond acceptors (Lipinski definition) is 2. The van der Waals surface area contributed by atoms with Crippen LogP contribution in [0.5, 0.6) is 0 Å². The van der Waals surface area contributed by atoms with Gasteiger partial charge in [0.1, 0.15) is 0 Å². The smallest absolute Gasteiger partial charge is 0.248 e. The molecule has 12 heavy (non-hydrogen) atoms. The fourth-order valence-electron chi connectivity index (χ4n) is 1.12. The van der Waals surface area contributed by atoms with Crippen LogP contribution in [-0.4, -0.2) is 24.4 Å². The number of rotatable bonds is 2. The lowest BCUT2D eigenvalue weighted by Gasteiger charge is -2.10. The largest absolute Gasteiger partial charge is 0.355 e. The van der Waals surface area contributed by atoms with Gasteiger partial charge in [-0.2, -0.15) is 0 Å². The van der Waals surface area contributed by atoms with E-state index >= 15 is 0 Å². The number of amides is 1. The number of carbonyl (C=O) groups is 1. The molecule has 1 aliphatic rings. The Bertz CT molecular complexity index is 231. The normalized spacial score (nSPS) is 16.8. The summed E-state index contributed by atoms with van der Waals surface area (Å²) in [4.78, 5) is 13.1. The molecule has 3 nitrogen and oxygen atoms in total. The van der Waals surface area contributed by atoms with E-state index in [-0.39, 0.29) is 5.91 Å². The molecule has 0 aromatic heterocycles. The highest BCUT2D eigenvalue weighted by molar-refractivity contribution is 5.92. The molecule has 0 saturated carbocycles. The number of carbonyl (C=O) groups excluding carboxylic acids is 1. The standard InChI is InChI=1S/C9H14N2O/c1-8(9(12)10-2)7-11-5-3-4-6-11/h3,5,7H,4,6H2,1-2H3,(H,10,12). The Labute approximate surface area is 72.7 Å². The second-order valence-corrected chi connectivity index (χ2v) is 2.80. The lowest BCUT2D eigenvalue weighted by atomic mass is 10.3. The van der Waals surface area contributed by atoms with Crippen LogP contribution in [0.4, 0.5) is 0 Å². The zero-order valence-corrected chi connectivity index (χ0v) is 7.50. The van der Waals surface area contributed by atoms with Crippen molar-refractivity contribution in [3.05, 3.63) is 24.0 Å². The van der Waals surface area contributed by atoms with Crippen LogP contribution < -0.4 is 5.32 Å². The molecule has 1 N–H and O–H groups in total. The van der Waals surface area contributed by atoms with E-state index in [1.165, 1.54) is 0 Å². The lowest BCUT2D eigenvalue weighted by molar-refractivity contribution is -0.117. The van der Waals surface area contributed by atoms with Crippen LogP contribution in [0.3, 0.4) is 0 Å². The first kappa shape index (κ1) is 8.84. The van der Waals surface area contributed by atoms with Crippen molar-refractivity contribution in [3.63, 3.8) is 0 Å². The predicted octanol–water partition coefficient (Wildman–Crippen LogP) is 0.856. The van der Waals surface area contributed by atoms with Gasteiger partial charge in [0.2, 0.25) is 5.91 Å². The van der Waals surface area contributed by atoms with Gasteiger partial charge in [-0.3, -0.25) is 4.79 Å². The van der Waals surface area contributed by atoms with E-state index in [0.29, 0.717) is 0 Å². The Balaban J connectivity index is 2.55. The average Bonchev–Trinajstić information content (AvgIpc) is 2.55. The molecule has 3 heteroatoms. The molecule has 0 spiro atoms. The first-order valence-electron chi connectivity index (χ1n) is 4.07. The fourth-order valence-corrected chi connectivity index (χ4v) is 1.12. The third-order valence-corrected chi connectivity index (χ3v) is 1.80. The predicted molar refractivity (Wildman–Crippen MR) is 48.3 cm³/mol. The van der Waals surface area contributed by atoms with Crippen molar-refractivity contribution in [2.24, 2.45) is 0 Å². The van der Waals surface area contributed by atoms with Crippen LogP contribution in [-0.2, 0) is 4.79 Å². The number of hydrogen-bond donors (Lipinski definition) is 1. The first-order chi connectivity index (χ1) is 5.74. The summed E-state index contributed by atoms with van der Waals surface area (Å²) in [5.74, 6) is -0.0182. The van der Waals surface area contributed by atoms with Crippen LogP contribution in [0.15, 0.2) is 24.0 Å². The van der Waals surface area contributed by atoms with Crippen molar-refractivity contribution in [2.45, 2.75) is 13.3 Å². The minimum absolute atomic E-state index is 0.0182. The third-order valence-electron chi connectivity index (χ3n) is 1.80. The molecule has 1 rings (SSSR count). The topological polar surface area (TPSA) is 32.3 Å². The molecule has 0 aromatic carbocycles. The molecule has 0 fully saturated rings. The Morgan fingerprint density at radius 1 is 1.67 bits per heavy atom. The highest BCUT2D eigenvalue weighted by Gasteiger charge is 2.04. The van der Waals surface area contributed by atoms with Crippen LogP contribution in [0.2, 0.25) is 0 Å². The summed E-state index contributed by atoms with van der Waals surface area (Å²) < 4.78 is 0. The van der Waals surface area contributed by atoms with Gasteiger partial charge in [-0.25, -0.2) is 0 Å². The lowest BCUT2D eigenvalue weighted by Crippen LogP contribution is -2.20. The Kier molecular flexibility index (Phi) is 2.91. The van der Waals surface area contributed by atoms with Gasteiger partial charge in [-0.05, 0) is 19.5 Å². The maximum absolute atomic E-state index is 11.1. The van der Waals surface area contributed by atoms with Crippen molar-refractivity contribution in [2.75, 3.05) is 13.6 Å². The molecular formula is C9H14N2O. The molecule has 0 bridgehead atoms. The average molecular weight is 166 g/mol. The van der Waals surface area contributed by atoms with Gasteiger partial charge in [0.25, 0.3) is 0 Å². The van der Waals surface area contributed by atoms with Crippen molar-refractivity contribution in [1.29, 1.82) is 0 Å². The second kappa shape index (κ2) is 3.95. The van der Waals surface area contributed by atoms with E-state index in [4.69, 9.17) is 0 Å². The first-order valence-corrected chi connectivity index (χ1v) is 4.07. The minimum atomic E-state index is -0.0182. The highest BCUT2D eigenvalue weighted by atomic mass is 16.1. The van der Waals surface area contributed by atoms with Crippen molar-refractivity contribution in [3.8, 4) is 0 Å². The van der Waals surface area contributed by atoms with E-state index in [1.807, 2.05) is 24.2 Å². The molecule has 1 aliphatic heterocycles. The highest BCUT2D eigenvalue weighted by Crippen LogP contribution is 2.06. The number of nitrogens with zero attached hydrogens (tertiary/aromatic N) is 1. The monoisotopic (exact) mass is 166 g/mol. The number of likely N-dealkylation sites (N-methyl/N-ethyl adjacent to an activating group) is 1. The summed E-state index contributed by atoms with van der Waals surface area (Å²) in [7, 11) is 1.64. The summed E-state index contributed by atoms with van der Waals surface area (Å²) in [6, 6.07) is 0. The summed E-state index contributed by atoms with van der Waals surface area (Å²) in [5, 5.41) is 2.58. The second-order valence-electron chi connectivity index (χ2n) is 2.80. The van der Waals surface area contributed by atoms with Crippen molar-refractivity contribution >= 4 is 5.91 Å². The summed E-state index contributed by atoms with van der Waals surface area (Å²) in [6.45, 7) is 2.79. The van der Waals surface area contributed by atoms with Crippen molar-refractivity contribution < 1.29 is 4.79 Å². The molecular weight excluding hydrogens is 152 g/mol. The van der Waals surface area contributed by atoms with Crippen LogP contribution in [0.1, 0.15) is 13.3 Å². The molecule has 1 amide bonds. The molecule has 66 valence electrons. The Morgan fingerprint density at radius 2 is 2.42 bits per heavy atom. The SMILES string of the molecule is CNC(=O)C(C)=CN1C=CCC1. The van der Waals surface area contributed by atoms with Gasteiger partial charge in [-0.15, -0.1) is 0 Å². The minimum Gasteiger partial charge on any atom is -0.355 e. The van der Waals surface area contributed by atoms with Crippen molar-refractivity contribution in [1.82, 2.24) is 10.2 Å². The fraction of sp³-hybridized carbons (Fsp3) is 0.444. The maximum Gasteiger partial charge on any atom is 0.248 e. The van der Waals surface area contributed by atoms with Gasteiger partial charge in [0, 0.05) is 25.4 Å². The van der Waals surface area contributed by atoms with E-state index < -0.39 is 0 Å². The van der Waals surface area contributed by atoms with Gasteiger partial charge in [0.15, 0.2) is 0 Å². The molecule has 0 radical (unpaired) electrons.